The van der Waals surface area contributed by atoms with Crippen LogP contribution in [0.4, 0.5) is 5.69 Å². The maximum Gasteiger partial charge on any atom is 0.282 e. The van der Waals surface area contributed by atoms with Crippen LogP contribution in [0.3, 0.4) is 0 Å². The van der Waals surface area contributed by atoms with Crippen molar-refractivity contribution < 1.29 is 23.8 Å². The van der Waals surface area contributed by atoms with E-state index in [4.69, 9.17) is 14.2 Å². The molecule has 2 aromatic carbocycles. The summed E-state index contributed by atoms with van der Waals surface area (Å²) in [6.07, 6.45) is 0. The van der Waals surface area contributed by atoms with Gasteiger partial charge in [0.25, 0.3) is 11.8 Å². The van der Waals surface area contributed by atoms with E-state index < -0.39 is 0 Å². The minimum atomic E-state index is -0.385. The van der Waals surface area contributed by atoms with Gasteiger partial charge in [0.05, 0.1) is 32.6 Å². The quantitative estimate of drug-likeness (QED) is 0.600. The summed E-state index contributed by atoms with van der Waals surface area (Å²) in [6, 6.07) is 12.3. The molecule has 4 rings (SSSR count). The summed E-state index contributed by atoms with van der Waals surface area (Å²) in [6.45, 7) is 6.06. The zero-order valence-corrected chi connectivity index (χ0v) is 19.5. The highest BCUT2D eigenvalue weighted by atomic mass is 16.5. The third-order valence-electron chi connectivity index (χ3n) is 6.19. The molecule has 8 nitrogen and oxygen atoms in total. The lowest BCUT2D eigenvalue weighted by Crippen LogP contribution is -2.47. The highest BCUT2D eigenvalue weighted by Gasteiger charge is 2.44. The maximum atomic E-state index is 13.8. The molecule has 0 atom stereocenters. The summed E-state index contributed by atoms with van der Waals surface area (Å²) in [4.78, 5) is 33.1. The van der Waals surface area contributed by atoms with E-state index in [0.717, 1.165) is 19.6 Å². The van der Waals surface area contributed by atoms with Crippen molar-refractivity contribution in [1.29, 1.82) is 0 Å². The van der Waals surface area contributed by atoms with Gasteiger partial charge in [0.2, 0.25) is 0 Å². The number of amides is 2. The second kappa shape index (κ2) is 9.54. The van der Waals surface area contributed by atoms with Crippen molar-refractivity contribution >= 4 is 23.1 Å². The topological polar surface area (TPSA) is 71.6 Å². The van der Waals surface area contributed by atoms with Crippen LogP contribution in [0.1, 0.15) is 12.5 Å². The number of carbonyl (C=O) groups excluding carboxylic acids is 2. The largest absolute Gasteiger partial charge is 0.495 e. The maximum absolute atomic E-state index is 13.8. The average molecular weight is 452 g/mol. The minimum absolute atomic E-state index is 0.348. The van der Waals surface area contributed by atoms with Crippen LogP contribution < -0.4 is 19.1 Å². The fourth-order valence-corrected chi connectivity index (χ4v) is 4.38. The predicted octanol–water partition coefficient (Wildman–Crippen LogP) is 2.63. The molecule has 1 saturated heterocycles. The molecule has 8 heteroatoms. The van der Waals surface area contributed by atoms with Gasteiger partial charge in [-0.2, -0.15) is 0 Å². The molecule has 2 heterocycles. The third-order valence-corrected chi connectivity index (χ3v) is 6.19. The molecule has 33 heavy (non-hydrogen) atoms. The fraction of sp³-hybridized carbons (Fsp3) is 0.360. The van der Waals surface area contributed by atoms with Crippen LogP contribution in [0.25, 0.3) is 5.57 Å². The molecular formula is C25H29N3O5. The lowest BCUT2D eigenvalue weighted by molar-refractivity contribution is -0.120. The Bertz CT molecular complexity index is 1090. The molecule has 0 N–H and O–H groups in total. The van der Waals surface area contributed by atoms with E-state index in [0.29, 0.717) is 52.9 Å². The Morgan fingerprint density at radius 3 is 2.09 bits per heavy atom. The lowest BCUT2D eigenvalue weighted by atomic mass is 10.0. The van der Waals surface area contributed by atoms with E-state index in [-0.39, 0.29) is 11.8 Å². The molecule has 0 saturated carbocycles. The molecule has 0 spiro atoms. The molecule has 1 fully saturated rings. The first kappa shape index (κ1) is 22.7. The molecular weight excluding hydrogens is 422 g/mol. The first-order valence-corrected chi connectivity index (χ1v) is 11.0. The van der Waals surface area contributed by atoms with Gasteiger partial charge in [0.1, 0.15) is 11.4 Å². The van der Waals surface area contributed by atoms with Crippen molar-refractivity contribution in [2.24, 2.45) is 0 Å². The Morgan fingerprint density at radius 2 is 1.45 bits per heavy atom. The second-order valence-corrected chi connectivity index (χ2v) is 7.83. The zero-order valence-electron chi connectivity index (χ0n) is 19.5. The van der Waals surface area contributed by atoms with E-state index in [9.17, 15) is 9.59 Å². The third kappa shape index (κ3) is 4.02. The molecule has 2 amide bonds. The predicted molar refractivity (Wildman–Crippen MR) is 126 cm³/mol. The summed E-state index contributed by atoms with van der Waals surface area (Å²) in [5.41, 5.74) is 1.80. The molecule has 0 aromatic heterocycles. The average Bonchev–Trinajstić information content (AvgIpc) is 3.13. The van der Waals surface area contributed by atoms with E-state index >= 15 is 0 Å². The van der Waals surface area contributed by atoms with Gasteiger partial charge in [-0.15, -0.1) is 0 Å². The van der Waals surface area contributed by atoms with Crippen molar-refractivity contribution in [1.82, 2.24) is 9.80 Å². The number of methoxy groups -OCH3 is 3. The first-order chi connectivity index (χ1) is 16.0. The van der Waals surface area contributed by atoms with Crippen LogP contribution in [0.5, 0.6) is 17.2 Å². The van der Waals surface area contributed by atoms with Crippen molar-refractivity contribution in [3.63, 3.8) is 0 Å². The van der Waals surface area contributed by atoms with E-state index in [2.05, 4.69) is 11.8 Å². The van der Waals surface area contributed by atoms with Crippen molar-refractivity contribution in [2.45, 2.75) is 6.92 Å². The van der Waals surface area contributed by atoms with Gasteiger partial charge in [-0.25, -0.2) is 4.90 Å². The van der Waals surface area contributed by atoms with Crippen LogP contribution >= 0.6 is 0 Å². The number of rotatable bonds is 7. The number of hydrogen-bond donors (Lipinski definition) is 0. The Kier molecular flexibility index (Phi) is 6.55. The van der Waals surface area contributed by atoms with Gasteiger partial charge in [0, 0.05) is 26.2 Å². The number of anilines is 1. The second-order valence-electron chi connectivity index (χ2n) is 7.83. The van der Waals surface area contributed by atoms with E-state index in [1.807, 2.05) is 4.90 Å². The number of benzene rings is 2. The van der Waals surface area contributed by atoms with Crippen molar-refractivity contribution in [3.05, 3.63) is 53.7 Å². The van der Waals surface area contributed by atoms with E-state index in [1.165, 1.54) is 12.0 Å². The molecule has 0 aliphatic carbocycles. The minimum Gasteiger partial charge on any atom is -0.495 e. The first-order valence-electron chi connectivity index (χ1n) is 11.0. The van der Waals surface area contributed by atoms with Crippen molar-refractivity contribution in [3.8, 4) is 17.2 Å². The van der Waals surface area contributed by atoms with Gasteiger partial charge < -0.3 is 24.0 Å². The summed E-state index contributed by atoms with van der Waals surface area (Å²) < 4.78 is 16.3. The van der Waals surface area contributed by atoms with Crippen LogP contribution in [0.2, 0.25) is 0 Å². The van der Waals surface area contributed by atoms with Gasteiger partial charge in [-0.05, 0) is 36.4 Å². The molecule has 2 aliphatic rings. The van der Waals surface area contributed by atoms with Gasteiger partial charge in [-0.1, -0.05) is 25.1 Å². The summed E-state index contributed by atoms with van der Waals surface area (Å²) in [5, 5.41) is 0. The summed E-state index contributed by atoms with van der Waals surface area (Å²) in [5.74, 6) is 0.777. The van der Waals surface area contributed by atoms with Crippen LogP contribution in [-0.2, 0) is 9.59 Å². The molecule has 2 aliphatic heterocycles. The van der Waals surface area contributed by atoms with Crippen LogP contribution in [0, 0.1) is 0 Å². The van der Waals surface area contributed by atoms with E-state index in [1.54, 1.807) is 56.7 Å². The number of nitrogens with zero attached hydrogens (tertiary/aromatic N) is 3. The number of hydrogen-bond acceptors (Lipinski definition) is 7. The summed E-state index contributed by atoms with van der Waals surface area (Å²) in [7, 11) is 4.63. The number of carbonyl (C=O) groups is 2. The monoisotopic (exact) mass is 451 g/mol. The number of ether oxygens (including phenoxy) is 3. The summed E-state index contributed by atoms with van der Waals surface area (Å²) >= 11 is 0. The lowest BCUT2D eigenvalue weighted by Gasteiger charge is -2.36. The number of imide groups is 1. The Morgan fingerprint density at radius 1 is 0.788 bits per heavy atom. The molecule has 174 valence electrons. The van der Waals surface area contributed by atoms with Crippen molar-refractivity contribution in [2.75, 3.05) is 59.0 Å². The SMILES string of the molecule is CCN1CCN(C2=C(c3ccc(OC)c(OC)c3)C(=O)N(c3ccccc3OC)C2=O)CC1. The Labute approximate surface area is 193 Å². The Balaban J connectivity index is 1.83. The van der Waals surface area contributed by atoms with Gasteiger partial charge >= 0.3 is 0 Å². The Hall–Kier alpha value is -3.52. The highest BCUT2D eigenvalue weighted by Crippen LogP contribution is 2.40. The normalized spacial score (nSPS) is 17.1. The van der Waals surface area contributed by atoms with Crippen LogP contribution in [-0.4, -0.2) is 75.7 Å². The van der Waals surface area contributed by atoms with Gasteiger partial charge in [0.15, 0.2) is 11.5 Å². The fourth-order valence-electron chi connectivity index (χ4n) is 4.38. The highest BCUT2D eigenvalue weighted by molar-refractivity contribution is 6.45. The zero-order chi connectivity index (χ0) is 23.5. The molecule has 0 unspecified atom stereocenters. The smallest absolute Gasteiger partial charge is 0.282 e. The molecule has 0 bridgehead atoms. The molecule has 0 radical (unpaired) electrons. The number of para-hydroxylation sites is 2. The van der Waals surface area contributed by atoms with Gasteiger partial charge in [-0.3, -0.25) is 9.59 Å². The number of likely N-dealkylation sites (N-methyl/N-ethyl adjacent to an activating group) is 1. The van der Waals surface area contributed by atoms with Crippen LogP contribution in [0.15, 0.2) is 48.2 Å². The molecule has 2 aromatic rings. The number of piperazine rings is 1. The standard InChI is InChI=1S/C25H29N3O5/c1-5-26-12-14-27(15-13-26)23-22(17-10-11-20(32-3)21(16-17)33-4)24(29)28(25(23)30)18-8-6-7-9-19(18)31-2/h6-11,16H,5,12-15H2,1-4H3.